The van der Waals surface area contributed by atoms with Gasteiger partial charge in [-0.1, -0.05) is 26.0 Å². The van der Waals surface area contributed by atoms with Gasteiger partial charge in [-0.3, -0.25) is 24.3 Å². The van der Waals surface area contributed by atoms with Gasteiger partial charge in [0.25, 0.3) is 11.8 Å². The maximum Gasteiger partial charge on any atom is 0.318 e. The summed E-state index contributed by atoms with van der Waals surface area (Å²) >= 11 is 0. The number of aliphatic imine (C=N–C) groups is 1. The Morgan fingerprint density at radius 3 is 2.41 bits per heavy atom. The molecule has 2 unspecified atom stereocenters. The second-order valence-electron chi connectivity index (χ2n) is 8.45. The van der Waals surface area contributed by atoms with Crippen molar-refractivity contribution < 1.29 is 19.1 Å². The van der Waals surface area contributed by atoms with Crippen molar-refractivity contribution in [2.75, 3.05) is 20.7 Å². The van der Waals surface area contributed by atoms with E-state index in [1.807, 2.05) is 13.8 Å². The van der Waals surface area contributed by atoms with Gasteiger partial charge in [0.05, 0.1) is 23.9 Å². The average Bonchev–Trinajstić information content (AvgIpc) is 3.36. The molecule has 0 spiro atoms. The van der Waals surface area contributed by atoms with Gasteiger partial charge < -0.3 is 10.1 Å². The molecule has 2 aliphatic rings. The molecule has 2 amide bonds. The summed E-state index contributed by atoms with van der Waals surface area (Å²) in [6.45, 7) is 7.87. The summed E-state index contributed by atoms with van der Waals surface area (Å²) in [6, 6.07) is 6.86. The van der Waals surface area contributed by atoms with Gasteiger partial charge >= 0.3 is 5.97 Å². The fourth-order valence-corrected chi connectivity index (χ4v) is 4.42. The highest BCUT2D eigenvalue weighted by Gasteiger charge is 2.64. The zero-order valence-corrected chi connectivity index (χ0v) is 17.3. The Labute approximate surface area is 170 Å². The van der Waals surface area contributed by atoms with Gasteiger partial charge in [-0.25, -0.2) is 0 Å². The number of hydrogen-bond donors (Lipinski definition) is 1. The van der Waals surface area contributed by atoms with E-state index in [2.05, 4.69) is 17.0 Å². The zero-order valence-electron chi connectivity index (χ0n) is 17.3. The summed E-state index contributed by atoms with van der Waals surface area (Å²) in [5, 5.41) is 2.91. The van der Waals surface area contributed by atoms with Crippen molar-refractivity contribution in [2.24, 2.45) is 21.7 Å². The summed E-state index contributed by atoms with van der Waals surface area (Å²) in [7, 11) is 3.10. The highest BCUT2D eigenvalue weighted by molar-refractivity contribution is 6.21. The van der Waals surface area contributed by atoms with Crippen molar-refractivity contribution in [1.82, 2.24) is 10.2 Å². The summed E-state index contributed by atoms with van der Waals surface area (Å²) in [6.07, 6.45) is 2.89. The molecule has 2 atom stereocenters. The molecule has 1 aliphatic heterocycles. The van der Waals surface area contributed by atoms with E-state index in [0.717, 1.165) is 0 Å². The molecule has 1 fully saturated rings. The third kappa shape index (κ3) is 3.45. The van der Waals surface area contributed by atoms with Crippen molar-refractivity contribution in [3.8, 4) is 0 Å². The van der Waals surface area contributed by atoms with Crippen molar-refractivity contribution in [3.63, 3.8) is 0 Å². The van der Waals surface area contributed by atoms with Gasteiger partial charge in [0.15, 0.2) is 0 Å². The van der Waals surface area contributed by atoms with Gasteiger partial charge in [-0.15, -0.1) is 0 Å². The third-order valence-electron chi connectivity index (χ3n) is 5.83. The van der Waals surface area contributed by atoms with Gasteiger partial charge in [0.1, 0.15) is 5.41 Å². The van der Waals surface area contributed by atoms with Gasteiger partial charge in [0, 0.05) is 19.8 Å². The van der Waals surface area contributed by atoms with E-state index in [0.29, 0.717) is 29.7 Å². The number of nitrogens with one attached hydrogen (secondary N) is 1. The number of hydrogen-bond acceptors (Lipinski definition) is 6. The van der Waals surface area contributed by atoms with Crippen molar-refractivity contribution in [3.05, 3.63) is 47.3 Å². The van der Waals surface area contributed by atoms with Crippen LogP contribution in [-0.2, 0) is 9.53 Å². The highest BCUT2D eigenvalue weighted by Crippen LogP contribution is 2.62. The number of carbonyl (C=O) groups excluding carboxylic acids is 3. The van der Waals surface area contributed by atoms with Crippen LogP contribution in [0, 0.1) is 16.7 Å². The normalized spacial score (nSPS) is 23.7. The first kappa shape index (κ1) is 20.8. The maximum absolute atomic E-state index is 12.7. The fraction of sp³-hybridized carbons (Fsp3) is 0.455. The summed E-state index contributed by atoms with van der Waals surface area (Å²) in [5.41, 5.74) is 0.212. The lowest BCUT2D eigenvalue weighted by molar-refractivity contribution is -0.146. The number of carbonyl (C=O) groups is 3. The smallest absolute Gasteiger partial charge is 0.318 e. The molecule has 154 valence electrons. The van der Waals surface area contributed by atoms with Crippen LogP contribution in [-0.4, -0.2) is 50.1 Å². The Kier molecular flexibility index (Phi) is 5.34. The number of nitrogens with zero attached hydrogens (tertiary/aromatic N) is 2. The van der Waals surface area contributed by atoms with E-state index in [9.17, 15) is 14.4 Å². The minimum atomic E-state index is -0.835. The molecule has 29 heavy (non-hydrogen) atoms. The largest absolute Gasteiger partial charge is 0.468 e. The van der Waals surface area contributed by atoms with E-state index in [4.69, 9.17) is 4.74 Å². The molecule has 0 aromatic heterocycles. The van der Waals surface area contributed by atoms with Gasteiger partial charge in [0.2, 0.25) is 0 Å². The van der Waals surface area contributed by atoms with Crippen molar-refractivity contribution in [2.45, 2.75) is 26.7 Å². The first-order chi connectivity index (χ1) is 13.7. The Bertz CT molecular complexity index is 870. The highest BCUT2D eigenvalue weighted by atomic mass is 16.5. The molecule has 7 heteroatoms. The summed E-state index contributed by atoms with van der Waals surface area (Å²) in [4.78, 5) is 43.3. The van der Waals surface area contributed by atoms with E-state index < -0.39 is 5.41 Å². The predicted octanol–water partition coefficient (Wildman–Crippen LogP) is 2.64. The molecule has 3 rings (SSSR count). The standard InChI is InChI=1S/C22H27N3O4/c1-21(2,13-25-18(26)15-8-6-7-9-16(15)19(25)27)10-14-11-22(14,20(28)29-5)17(24-4)12-23-3/h6-9,12,14,23H,4,10-11,13H2,1-3,5H3/b17-12-. The number of rotatable bonds is 8. The molecule has 0 bridgehead atoms. The SMILES string of the molecule is C=N/C(=C\NC)C1(C(=O)OC)CC1CC(C)(C)CN1C(=O)c2ccccc2C1=O. The van der Waals surface area contributed by atoms with Gasteiger partial charge in [-0.2, -0.15) is 0 Å². The molecule has 1 heterocycles. The molecule has 7 nitrogen and oxygen atoms in total. The fourth-order valence-electron chi connectivity index (χ4n) is 4.42. The second kappa shape index (κ2) is 7.46. The molecular weight excluding hydrogens is 370 g/mol. The van der Waals surface area contributed by atoms with Crippen LogP contribution in [0.3, 0.4) is 0 Å². The molecule has 1 aliphatic carbocycles. The Balaban J connectivity index is 1.77. The van der Waals surface area contributed by atoms with Crippen LogP contribution in [0.25, 0.3) is 0 Å². The molecule has 0 radical (unpaired) electrons. The van der Waals surface area contributed by atoms with E-state index in [1.54, 1.807) is 37.5 Å². The molecular formula is C22H27N3O4. The van der Waals surface area contributed by atoms with Crippen molar-refractivity contribution in [1.29, 1.82) is 0 Å². The lowest BCUT2D eigenvalue weighted by Gasteiger charge is -2.30. The number of imide groups is 1. The average molecular weight is 397 g/mol. The zero-order chi connectivity index (χ0) is 21.4. The minimum absolute atomic E-state index is 0.00904. The monoisotopic (exact) mass is 397 g/mol. The molecule has 1 N–H and O–H groups in total. The van der Waals surface area contributed by atoms with Gasteiger partial charge in [-0.05, 0) is 43.0 Å². The first-order valence-corrected chi connectivity index (χ1v) is 9.60. The van der Waals surface area contributed by atoms with Crippen LogP contribution in [0.4, 0.5) is 0 Å². The number of benzene rings is 1. The molecule has 1 aromatic carbocycles. The van der Waals surface area contributed by atoms with Crippen LogP contribution >= 0.6 is 0 Å². The summed E-state index contributed by atoms with van der Waals surface area (Å²) < 4.78 is 5.05. The van der Waals surface area contributed by atoms with Crippen LogP contribution in [0.2, 0.25) is 0 Å². The molecule has 0 saturated heterocycles. The minimum Gasteiger partial charge on any atom is -0.468 e. The second-order valence-corrected chi connectivity index (χ2v) is 8.45. The summed E-state index contributed by atoms with van der Waals surface area (Å²) in [5.74, 6) is -0.882. The van der Waals surface area contributed by atoms with E-state index >= 15 is 0 Å². The topological polar surface area (TPSA) is 88.1 Å². The first-order valence-electron chi connectivity index (χ1n) is 9.60. The molecule has 1 saturated carbocycles. The number of esters is 1. The van der Waals surface area contributed by atoms with Crippen LogP contribution in [0.1, 0.15) is 47.4 Å². The van der Waals surface area contributed by atoms with E-state index in [1.165, 1.54) is 12.0 Å². The quantitative estimate of drug-likeness (QED) is 0.414. The Morgan fingerprint density at radius 2 is 1.93 bits per heavy atom. The lowest BCUT2D eigenvalue weighted by atomic mass is 9.83. The number of ether oxygens (including phenoxy) is 1. The number of fused-ring (bicyclic) bond motifs is 1. The number of methoxy groups -OCH3 is 1. The Morgan fingerprint density at radius 1 is 1.34 bits per heavy atom. The van der Waals surface area contributed by atoms with Crippen LogP contribution in [0.15, 0.2) is 41.2 Å². The van der Waals surface area contributed by atoms with Crippen LogP contribution in [0.5, 0.6) is 0 Å². The Hall–Kier alpha value is -2.96. The van der Waals surface area contributed by atoms with Crippen molar-refractivity contribution >= 4 is 24.5 Å². The van der Waals surface area contributed by atoms with Crippen LogP contribution < -0.4 is 5.32 Å². The molecule has 1 aromatic rings. The number of amides is 2. The lowest BCUT2D eigenvalue weighted by Crippen LogP contribution is -2.39. The third-order valence-corrected chi connectivity index (χ3v) is 5.83. The van der Waals surface area contributed by atoms with E-state index in [-0.39, 0.29) is 35.7 Å². The predicted molar refractivity (Wildman–Crippen MR) is 109 cm³/mol. The maximum atomic E-state index is 12.7.